The first-order valence-electron chi connectivity index (χ1n) is 10.5. The van der Waals surface area contributed by atoms with E-state index in [1.807, 2.05) is 6.92 Å². The summed E-state index contributed by atoms with van der Waals surface area (Å²) in [5.41, 5.74) is 6.20. The highest BCUT2D eigenvalue weighted by Gasteiger charge is 2.47. The molecule has 0 bridgehead atoms. The molecule has 2 atom stereocenters. The zero-order valence-corrected chi connectivity index (χ0v) is 18.7. The Balaban J connectivity index is 0.00000306. The fourth-order valence-electron chi connectivity index (χ4n) is 4.41. The largest absolute Gasteiger partial charge is 0.434 e. The van der Waals surface area contributed by atoms with Gasteiger partial charge in [-0.25, -0.2) is 9.97 Å². The minimum Gasteiger partial charge on any atom is -0.390 e. The van der Waals surface area contributed by atoms with Crippen LogP contribution < -0.4 is 10.6 Å². The second-order valence-corrected chi connectivity index (χ2v) is 9.41. The molecule has 2 aliphatic rings. The lowest BCUT2D eigenvalue weighted by Crippen LogP contribution is -2.51. The third-order valence-corrected chi connectivity index (χ3v) is 7.51. The van der Waals surface area contributed by atoms with Crippen molar-refractivity contribution in [2.24, 2.45) is 11.1 Å². The van der Waals surface area contributed by atoms with Crippen LogP contribution in [-0.4, -0.2) is 51.9 Å². The molecule has 2 aromatic heterocycles. The second kappa shape index (κ2) is 9.73. The monoisotopic (exact) mass is 485 g/mol. The zero-order valence-electron chi connectivity index (χ0n) is 17.9. The van der Waals surface area contributed by atoms with E-state index in [0.29, 0.717) is 41.9 Å². The molecule has 11 heteroatoms. The van der Waals surface area contributed by atoms with Crippen molar-refractivity contribution in [1.29, 1.82) is 0 Å². The summed E-state index contributed by atoms with van der Waals surface area (Å²) in [6.45, 7) is 5.36. The standard InChI is InChI=1S/C21H26F3N5O2S.CH4/c1-12-19(32-15-4-3-7-26-17(15)21(22,23)24)28-14(10-30)18(27-12)29-8-5-20(6-9-29)11-31-13(2)16(20)25;/h3-4,7,13,16,30H,5-6,8-11,25H2,1-2H3;1H4/t13-,16+;/m0./s1. The number of hydrogen-bond donors (Lipinski definition) is 2. The van der Waals surface area contributed by atoms with Crippen LogP contribution in [-0.2, 0) is 17.5 Å². The van der Waals surface area contributed by atoms with Gasteiger partial charge in [0.1, 0.15) is 10.7 Å². The van der Waals surface area contributed by atoms with Crippen molar-refractivity contribution >= 4 is 17.6 Å². The lowest BCUT2D eigenvalue weighted by Gasteiger charge is -2.42. The molecule has 7 nitrogen and oxygen atoms in total. The summed E-state index contributed by atoms with van der Waals surface area (Å²) in [4.78, 5) is 14.6. The normalized spacial score (nSPS) is 22.5. The SMILES string of the molecule is C.Cc1nc(N2CCC3(CC2)CO[C@@H](C)[C@H]3N)c(CO)nc1Sc1cccnc1C(F)(F)F. The first-order chi connectivity index (χ1) is 15.1. The van der Waals surface area contributed by atoms with E-state index in [2.05, 4.69) is 19.9 Å². The molecule has 0 saturated carbocycles. The van der Waals surface area contributed by atoms with Crippen molar-refractivity contribution in [3.63, 3.8) is 0 Å². The van der Waals surface area contributed by atoms with Gasteiger partial charge in [0.2, 0.25) is 0 Å². The van der Waals surface area contributed by atoms with Gasteiger partial charge in [-0.15, -0.1) is 0 Å². The molecular weight excluding hydrogens is 455 g/mol. The van der Waals surface area contributed by atoms with Gasteiger partial charge >= 0.3 is 6.18 Å². The quantitative estimate of drug-likeness (QED) is 0.675. The Kier molecular flexibility index (Phi) is 7.57. The minimum absolute atomic E-state index is 0. The van der Waals surface area contributed by atoms with Crippen LogP contribution in [0.25, 0.3) is 0 Å². The van der Waals surface area contributed by atoms with E-state index in [9.17, 15) is 18.3 Å². The van der Waals surface area contributed by atoms with E-state index < -0.39 is 11.9 Å². The van der Waals surface area contributed by atoms with Crippen LogP contribution in [0, 0.1) is 12.3 Å². The number of ether oxygens (including phenoxy) is 1. The average molecular weight is 486 g/mol. The Morgan fingerprint density at radius 2 is 2.00 bits per heavy atom. The maximum Gasteiger partial charge on any atom is 0.434 e. The molecule has 2 saturated heterocycles. The third-order valence-electron chi connectivity index (χ3n) is 6.38. The number of aliphatic hydroxyl groups excluding tert-OH is 1. The number of nitrogens with two attached hydrogens (primary N) is 1. The smallest absolute Gasteiger partial charge is 0.390 e. The van der Waals surface area contributed by atoms with Crippen LogP contribution in [0.5, 0.6) is 0 Å². The fraction of sp³-hybridized carbons (Fsp3) is 0.591. The molecule has 0 amide bonds. The Hall–Kier alpha value is -1.95. The summed E-state index contributed by atoms with van der Waals surface area (Å²) in [6.07, 6.45) is -1.76. The summed E-state index contributed by atoms with van der Waals surface area (Å²) in [7, 11) is 0. The fourth-order valence-corrected chi connectivity index (χ4v) is 5.38. The van der Waals surface area contributed by atoms with Gasteiger partial charge in [-0.1, -0.05) is 19.2 Å². The van der Waals surface area contributed by atoms with Crippen molar-refractivity contribution in [2.45, 2.75) is 69.0 Å². The number of pyridine rings is 1. The number of halogens is 3. The average Bonchev–Trinajstić information content (AvgIpc) is 3.04. The van der Waals surface area contributed by atoms with Crippen molar-refractivity contribution in [1.82, 2.24) is 15.0 Å². The molecule has 0 radical (unpaired) electrons. The van der Waals surface area contributed by atoms with Crippen molar-refractivity contribution in [3.05, 3.63) is 35.4 Å². The van der Waals surface area contributed by atoms with Crippen LogP contribution in [0.15, 0.2) is 28.3 Å². The Morgan fingerprint density at radius 1 is 1.30 bits per heavy atom. The lowest BCUT2D eigenvalue weighted by atomic mass is 9.73. The number of piperidine rings is 1. The summed E-state index contributed by atoms with van der Waals surface area (Å²) >= 11 is 0.850. The topological polar surface area (TPSA) is 97.4 Å². The number of aryl methyl sites for hydroxylation is 1. The molecule has 4 heterocycles. The highest BCUT2D eigenvalue weighted by Crippen LogP contribution is 2.43. The molecule has 33 heavy (non-hydrogen) atoms. The van der Waals surface area contributed by atoms with Crippen LogP contribution in [0.1, 0.15) is 44.3 Å². The van der Waals surface area contributed by atoms with E-state index in [1.54, 1.807) is 6.92 Å². The van der Waals surface area contributed by atoms with Gasteiger partial charge in [0, 0.05) is 35.6 Å². The van der Waals surface area contributed by atoms with E-state index in [-0.39, 0.29) is 36.5 Å². The molecule has 2 fully saturated rings. The maximum atomic E-state index is 13.3. The van der Waals surface area contributed by atoms with Crippen LogP contribution in [0.4, 0.5) is 19.0 Å². The predicted molar refractivity (Wildman–Crippen MR) is 120 cm³/mol. The van der Waals surface area contributed by atoms with Gasteiger partial charge in [0.15, 0.2) is 11.5 Å². The molecule has 0 aliphatic carbocycles. The number of hydrogen-bond acceptors (Lipinski definition) is 8. The van der Waals surface area contributed by atoms with E-state index >= 15 is 0 Å². The molecule has 4 rings (SSSR count). The maximum absolute atomic E-state index is 13.3. The molecule has 0 unspecified atom stereocenters. The summed E-state index contributed by atoms with van der Waals surface area (Å²) in [6, 6.07) is 2.78. The predicted octanol–water partition coefficient (Wildman–Crippen LogP) is 3.81. The number of anilines is 1. The Bertz CT molecular complexity index is 983. The van der Waals surface area contributed by atoms with Crippen molar-refractivity contribution in [2.75, 3.05) is 24.6 Å². The van der Waals surface area contributed by atoms with Gasteiger partial charge in [0.25, 0.3) is 0 Å². The van der Waals surface area contributed by atoms with E-state index in [0.717, 1.165) is 30.8 Å². The van der Waals surface area contributed by atoms with Gasteiger partial charge in [-0.3, -0.25) is 4.98 Å². The Labute approximate surface area is 196 Å². The third kappa shape index (κ3) is 4.96. The first-order valence-corrected chi connectivity index (χ1v) is 11.3. The molecular formula is C22H30F3N5O2S. The Morgan fingerprint density at radius 3 is 2.58 bits per heavy atom. The summed E-state index contributed by atoms with van der Waals surface area (Å²) < 4.78 is 45.7. The zero-order chi connectivity index (χ0) is 23.1. The highest BCUT2D eigenvalue weighted by molar-refractivity contribution is 7.99. The number of rotatable bonds is 4. The van der Waals surface area contributed by atoms with Gasteiger partial charge in [-0.2, -0.15) is 13.2 Å². The molecule has 3 N–H and O–H groups in total. The lowest BCUT2D eigenvalue weighted by molar-refractivity contribution is -0.143. The number of nitrogens with zero attached hydrogens (tertiary/aromatic N) is 4. The highest BCUT2D eigenvalue weighted by atomic mass is 32.2. The van der Waals surface area contributed by atoms with Gasteiger partial charge in [0.05, 0.1) is 25.0 Å². The van der Waals surface area contributed by atoms with Gasteiger partial charge in [-0.05, 0) is 38.8 Å². The molecule has 0 aromatic carbocycles. The number of aromatic nitrogens is 3. The molecule has 182 valence electrons. The minimum atomic E-state index is -4.57. The van der Waals surface area contributed by atoms with Crippen molar-refractivity contribution < 1.29 is 23.0 Å². The van der Waals surface area contributed by atoms with E-state index in [4.69, 9.17) is 10.5 Å². The van der Waals surface area contributed by atoms with E-state index in [1.165, 1.54) is 12.1 Å². The molecule has 2 aromatic rings. The summed E-state index contributed by atoms with van der Waals surface area (Å²) in [5.74, 6) is 0.562. The van der Waals surface area contributed by atoms with Crippen LogP contribution in [0.3, 0.4) is 0 Å². The van der Waals surface area contributed by atoms with Gasteiger partial charge < -0.3 is 20.5 Å². The van der Waals surface area contributed by atoms with Crippen LogP contribution in [0.2, 0.25) is 0 Å². The first kappa shape index (κ1) is 25.7. The number of alkyl halides is 3. The second-order valence-electron chi connectivity index (χ2n) is 8.38. The number of aliphatic hydroxyl groups is 1. The molecule has 1 spiro atoms. The van der Waals surface area contributed by atoms with Crippen molar-refractivity contribution in [3.8, 4) is 0 Å². The summed E-state index contributed by atoms with van der Waals surface area (Å²) in [5, 5.41) is 10.2. The van der Waals surface area contributed by atoms with Crippen LogP contribution >= 0.6 is 11.8 Å². The molecule has 2 aliphatic heterocycles.